The molecule has 1 aliphatic rings. The first kappa shape index (κ1) is 17.3. The van der Waals surface area contributed by atoms with Crippen LogP contribution >= 0.6 is 0 Å². The van der Waals surface area contributed by atoms with Gasteiger partial charge in [-0.15, -0.1) is 5.10 Å². The molecule has 4 heterocycles. The Morgan fingerprint density at radius 2 is 2.03 bits per heavy atom. The maximum absolute atomic E-state index is 12.0. The molecule has 1 aliphatic carbocycles. The normalized spacial score (nSPS) is 13.4. The van der Waals surface area contributed by atoms with Gasteiger partial charge < -0.3 is 4.90 Å². The third kappa shape index (κ3) is 3.40. The summed E-state index contributed by atoms with van der Waals surface area (Å²) < 4.78 is 1.73. The van der Waals surface area contributed by atoms with Crippen molar-refractivity contribution in [1.29, 1.82) is 0 Å². The molecule has 4 aromatic rings. The lowest BCUT2D eigenvalue weighted by Gasteiger charge is -2.17. The summed E-state index contributed by atoms with van der Waals surface area (Å²) in [4.78, 5) is 27.1. The van der Waals surface area contributed by atoms with E-state index in [1.165, 1.54) is 0 Å². The summed E-state index contributed by atoms with van der Waals surface area (Å²) >= 11 is 0. The minimum atomic E-state index is -0.00749. The molecular weight excluding hydrogens is 366 g/mol. The van der Waals surface area contributed by atoms with Crippen LogP contribution in [0, 0.1) is 5.92 Å². The Bertz CT molecular complexity index is 1170. The number of anilines is 3. The van der Waals surface area contributed by atoms with Crippen LogP contribution in [-0.4, -0.2) is 37.5 Å². The average Bonchev–Trinajstić information content (AvgIpc) is 3.54. The van der Waals surface area contributed by atoms with Gasteiger partial charge in [0.15, 0.2) is 5.65 Å². The maximum atomic E-state index is 12.0. The summed E-state index contributed by atoms with van der Waals surface area (Å²) in [5.41, 5.74) is 3.39. The molecule has 0 aliphatic heterocycles. The van der Waals surface area contributed by atoms with Gasteiger partial charge in [0.05, 0.1) is 17.6 Å². The molecule has 0 unspecified atom stereocenters. The standard InChI is InChI=1S/C21H19N7O/c1-27(16-4-3-11-22-13-16)18-10-9-15(12-23-18)17-5-2-6-19-24-21(26-28(17)19)25-20(29)14-7-8-14/h2-6,9-14H,7-8H2,1H3,(H,25,26,29). The summed E-state index contributed by atoms with van der Waals surface area (Å²) in [6, 6.07) is 13.6. The zero-order valence-corrected chi connectivity index (χ0v) is 15.9. The highest BCUT2D eigenvalue weighted by Gasteiger charge is 2.30. The summed E-state index contributed by atoms with van der Waals surface area (Å²) in [5.74, 6) is 1.24. The summed E-state index contributed by atoms with van der Waals surface area (Å²) in [5, 5.41) is 7.28. The summed E-state index contributed by atoms with van der Waals surface area (Å²) in [7, 11) is 1.95. The molecule has 0 radical (unpaired) electrons. The largest absolute Gasteiger partial charge is 0.328 e. The monoisotopic (exact) mass is 385 g/mol. The molecule has 0 spiro atoms. The predicted molar refractivity (Wildman–Crippen MR) is 110 cm³/mol. The molecule has 0 bridgehead atoms. The second-order valence-corrected chi connectivity index (χ2v) is 7.06. The number of hydrogen-bond acceptors (Lipinski definition) is 6. The highest BCUT2D eigenvalue weighted by atomic mass is 16.2. The van der Waals surface area contributed by atoms with E-state index in [9.17, 15) is 4.79 Å². The third-order valence-electron chi connectivity index (χ3n) is 4.96. The van der Waals surface area contributed by atoms with Crippen LogP contribution < -0.4 is 10.2 Å². The molecule has 0 atom stereocenters. The molecule has 8 nitrogen and oxygen atoms in total. The zero-order chi connectivity index (χ0) is 19.8. The van der Waals surface area contributed by atoms with Gasteiger partial charge in [-0.3, -0.25) is 15.1 Å². The second kappa shape index (κ2) is 6.97. The van der Waals surface area contributed by atoms with E-state index in [-0.39, 0.29) is 11.8 Å². The van der Waals surface area contributed by atoms with E-state index in [1.54, 1.807) is 23.1 Å². The van der Waals surface area contributed by atoms with Crippen LogP contribution in [0.15, 0.2) is 61.1 Å². The van der Waals surface area contributed by atoms with Gasteiger partial charge in [-0.25, -0.2) is 9.50 Å². The molecule has 144 valence electrons. The van der Waals surface area contributed by atoms with Crippen molar-refractivity contribution in [3.63, 3.8) is 0 Å². The molecule has 1 fully saturated rings. The van der Waals surface area contributed by atoms with E-state index >= 15 is 0 Å². The number of carbonyl (C=O) groups is 1. The molecule has 4 aromatic heterocycles. The van der Waals surface area contributed by atoms with Crippen molar-refractivity contribution in [1.82, 2.24) is 24.6 Å². The third-order valence-corrected chi connectivity index (χ3v) is 4.96. The molecule has 1 saturated carbocycles. The Labute approximate surface area is 167 Å². The number of aromatic nitrogens is 5. The van der Waals surface area contributed by atoms with E-state index in [0.29, 0.717) is 11.6 Å². The van der Waals surface area contributed by atoms with E-state index in [4.69, 9.17) is 0 Å². The van der Waals surface area contributed by atoms with Gasteiger partial charge in [0.2, 0.25) is 11.9 Å². The fourth-order valence-corrected chi connectivity index (χ4v) is 3.15. The van der Waals surface area contributed by atoms with Gasteiger partial charge in [-0.2, -0.15) is 4.98 Å². The summed E-state index contributed by atoms with van der Waals surface area (Å²) in [6.07, 6.45) is 7.23. The molecule has 5 rings (SSSR count). The average molecular weight is 385 g/mol. The highest BCUT2D eigenvalue weighted by molar-refractivity contribution is 5.92. The zero-order valence-electron chi connectivity index (χ0n) is 15.9. The van der Waals surface area contributed by atoms with Gasteiger partial charge >= 0.3 is 0 Å². The number of nitrogens with one attached hydrogen (secondary N) is 1. The van der Waals surface area contributed by atoms with Crippen LogP contribution in [0.5, 0.6) is 0 Å². The lowest BCUT2D eigenvalue weighted by molar-refractivity contribution is -0.117. The Kier molecular flexibility index (Phi) is 4.16. The Morgan fingerprint density at radius 1 is 1.14 bits per heavy atom. The van der Waals surface area contributed by atoms with Crippen molar-refractivity contribution in [2.24, 2.45) is 5.92 Å². The van der Waals surface area contributed by atoms with Gasteiger partial charge in [-0.05, 0) is 49.2 Å². The Balaban J connectivity index is 1.44. The molecule has 0 aromatic carbocycles. The number of pyridine rings is 3. The van der Waals surface area contributed by atoms with E-state index in [2.05, 4.69) is 25.4 Å². The molecule has 29 heavy (non-hydrogen) atoms. The van der Waals surface area contributed by atoms with Crippen LogP contribution in [0.1, 0.15) is 12.8 Å². The fraction of sp³-hybridized carbons (Fsp3) is 0.190. The first-order chi connectivity index (χ1) is 14.2. The Morgan fingerprint density at radius 3 is 2.76 bits per heavy atom. The van der Waals surface area contributed by atoms with Crippen molar-refractivity contribution in [3.05, 3.63) is 61.1 Å². The van der Waals surface area contributed by atoms with E-state index in [1.807, 2.05) is 54.4 Å². The number of fused-ring (bicyclic) bond motifs is 1. The van der Waals surface area contributed by atoms with E-state index in [0.717, 1.165) is 35.6 Å². The number of hydrogen-bond donors (Lipinski definition) is 1. The number of nitrogens with zero attached hydrogens (tertiary/aromatic N) is 6. The first-order valence-corrected chi connectivity index (χ1v) is 9.46. The van der Waals surface area contributed by atoms with Crippen molar-refractivity contribution in [2.75, 3.05) is 17.3 Å². The minimum Gasteiger partial charge on any atom is -0.328 e. The lowest BCUT2D eigenvalue weighted by atomic mass is 10.2. The smallest absolute Gasteiger partial charge is 0.249 e. The second-order valence-electron chi connectivity index (χ2n) is 7.06. The van der Waals surface area contributed by atoms with Gasteiger partial charge in [0.1, 0.15) is 5.82 Å². The molecular formula is C21H19N7O. The molecule has 1 N–H and O–H groups in total. The predicted octanol–water partition coefficient (Wildman–Crippen LogP) is 3.30. The molecule has 1 amide bonds. The quantitative estimate of drug-likeness (QED) is 0.567. The van der Waals surface area contributed by atoms with Crippen molar-refractivity contribution in [2.45, 2.75) is 12.8 Å². The lowest BCUT2D eigenvalue weighted by Crippen LogP contribution is -2.14. The van der Waals surface area contributed by atoms with Gasteiger partial charge in [-0.1, -0.05) is 6.07 Å². The summed E-state index contributed by atoms with van der Waals surface area (Å²) in [6.45, 7) is 0. The number of amides is 1. The Hall–Kier alpha value is -3.81. The van der Waals surface area contributed by atoms with E-state index < -0.39 is 0 Å². The van der Waals surface area contributed by atoms with Crippen molar-refractivity contribution < 1.29 is 4.79 Å². The van der Waals surface area contributed by atoms with Crippen molar-refractivity contribution >= 4 is 29.0 Å². The van der Waals surface area contributed by atoms with Gasteiger partial charge in [0.25, 0.3) is 0 Å². The minimum absolute atomic E-state index is 0.00749. The van der Waals surface area contributed by atoms with Crippen LogP contribution in [0.25, 0.3) is 16.9 Å². The molecule has 8 heteroatoms. The van der Waals surface area contributed by atoms with Crippen LogP contribution in [0.3, 0.4) is 0 Å². The van der Waals surface area contributed by atoms with Crippen LogP contribution in [0.2, 0.25) is 0 Å². The number of rotatable bonds is 5. The van der Waals surface area contributed by atoms with Crippen LogP contribution in [-0.2, 0) is 4.79 Å². The maximum Gasteiger partial charge on any atom is 0.249 e. The molecule has 0 saturated heterocycles. The topological polar surface area (TPSA) is 88.3 Å². The van der Waals surface area contributed by atoms with Crippen molar-refractivity contribution in [3.8, 4) is 11.3 Å². The highest BCUT2D eigenvalue weighted by Crippen LogP contribution is 2.30. The first-order valence-electron chi connectivity index (χ1n) is 9.46. The van der Waals surface area contributed by atoms with Crippen LogP contribution in [0.4, 0.5) is 17.5 Å². The number of carbonyl (C=O) groups excluding carboxylic acids is 1. The van der Waals surface area contributed by atoms with Gasteiger partial charge in [0, 0.05) is 30.9 Å². The SMILES string of the molecule is CN(c1cccnc1)c1ccc(-c2cccc3nc(NC(=O)C4CC4)nn23)cn1. The fourth-order valence-electron chi connectivity index (χ4n) is 3.15.